The second kappa shape index (κ2) is 12.1. The number of rotatable bonds is 7. The maximum absolute atomic E-state index is 13.0. The molecule has 0 saturated carbocycles. The van der Waals surface area contributed by atoms with E-state index in [-0.39, 0.29) is 28.6 Å². The molecule has 1 aliphatic carbocycles. The summed E-state index contributed by atoms with van der Waals surface area (Å²) in [7, 11) is 2.86. The Morgan fingerprint density at radius 1 is 1.10 bits per heavy atom. The van der Waals surface area contributed by atoms with E-state index in [1.807, 2.05) is 0 Å². The summed E-state index contributed by atoms with van der Waals surface area (Å²) in [5.41, 5.74) is 2.47. The van der Waals surface area contributed by atoms with Crippen LogP contribution in [-0.2, 0) is 16.0 Å². The minimum atomic E-state index is -1.66. The van der Waals surface area contributed by atoms with E-state index in [0.29, 0.717) is 34.4 Å². The van der Waals surface area contributed by atoms with Crippen molar-refractivity contribution >= 4 is 17.7 Å². The fourth-order valence-corrected chi connectivity index (χ4v) is 5.53. The molecule has 0 aromatic heterocycles. The van der Waals surface area contributed by atoms with E-state index in [1.54, 1.807) is 24.5 Å². The number of thioether (sulfide) groups is 1. The van der Waals surface area contributed by atoms with Crippen molar-refractivity contribution in [1.29, 1.82) is 0 Å². The van der Waals surface area contributed by atoms with E-state index in [4.69, 9.17) is 18.9 Å². The van der Waals surface area contributed by atoms with Gasteiger partial charge in [0.1, 0.15) is 24.4 Å². The predicted molar refractivity (Wildman–Crippen MR) is 142 cm³/mol. The molecule has 1 fully saturated rings. The number of benzene rings is 1. The van der Waals surface area contributed by atoms with E-state index in [0.717, 1.165) is 5.56 Å². The average molecular weight is 564 g/mol. The Labute approximate surface area is 229 Å². The summed E-state index contributed by atoms with van der Waals surface area (Å²) in [6.45, 7) is 0.801. The fourth-order valence-electron chi connectivity index (χ4n) is 5.06. The lowest BCUT2D eigenvalue weighted by molar-refractivity contribution is -0.277. The third kappa shape index (κ3) is 5.58. The molecule has 212 valence electrons. The standard InChI is InChI=1S/C27H33NO10S/c1-12(30)28-16-7-5-13-9-18(35-2)25(38-27-24(34)23(33)22(32)19(11-29)37-27)26(36-3)21(13)14-6-8-20(39-4)17(31)10-15(14)16/h6,8-10,16,19,22-24,27,29,32-34H,5,7,11H2,1-4H3,(H,28,30)/t16-,19+,22+,23-,24+,27-/m0/s1. The van der Waals surface area contributed by atoms with Crippen molar-refractivity contribution < 1.29 is 44.2 Å². The molecule has 1 heterocycles. The number of carbonyl (C=O) groups excluding carboxylic acids is 1. The number of aliphatic hydroxyl groups is 4. The second-order valence-corrected chi connectivity index (χ2v) is 10.2. The molecule has 5 N–H and O–H groups in total. The van der Waals surface area contributed by atoms with Crippen LogP contribution in [-0.4, -0.2) is 84.1 Å². The first-order valence-corrected chi connectivity index (χ1v) is 13.6. The molecule has 2 aromatic carbocycles. The van der Waals surface area contributed by atoms with Gasteiger partial charge < -0.3 is 44.7 Å². The number of carbonyl (C=O) groups is 1. The topological polar surface area (TPSA) is 164 Å². The maximum atomic E-state index is 13.0. The van der Waals surface area contributed by atoms with E-state index in [1.165, 1.54) is 39.0 Å². The number of fused-ring (bicyclic) bond motifs is 3. The van der Waals surface area contributed by atoms with Gasteiger partial charge in [0.2, 0.25) is 17.9 Å². The molecule has 2 aromatic rings. The summed E-state index contributed by atoms with van der Waals surface area (Å²) >= 11 is 1.31. The van der Waals surface area contributed by atoms with Crippen LogP contribution in [0.4, 0.5) is 0 Å². The first-order chi connectivity index (χ1) is 18.6. The summed E-state index contributed by atoms with van der Waals surface area (Å²) < 4.78 is 23.0. The second-order valence-electron chi connectivity index (χ2n) is 9.36. The van der Waals surface area contributed by atoms with Crippen LogP contribution in [0.25, 0.3) is 11.1 Å². The van der Waals surface area contributed by atoms with Crippen LogP contribution in [0.5, 0.6) is 17.2 Å². The normalized spacial score (nSPS) is 26.1. The summed E-state index contributed by atoms with van der Waals surface area (Å²) in [5, 5.41) is 43.5. The van der Waals surface area contributed by atoms with Gasteiger partial charge in [-0.2, -0.15) is 0 Å². The monoisotopic (exact) mass is 563 g/mol. The van der Waals surface area contributed by atoms with Gasteiger partial charge in [-0.15, -0.1) is 11.8 Å². The van der Waals surface area contributed by atoms with Crippen LogP contribution in [0.15, 0.2) is 34.0 Å². The molecular weight excluding hydrogens is 530 g/mol. The third-order valence-corrected chi connectivity index (χ3v) is 7.75. The Kier molecular flexibility index (Phi) is 9.04. The molecule has 0 radical (unpaired) electrons. The van der Waals surface area contributed by atoms with Gasteiger partial charge in [0.15, 0.2) is 16.9 Å². The van der Waals surface area contributed by atoms with Crippen LogP contribution in [0.3, 0.4) is 0 Å². The molecule has 6 atom stereocenters. The lowest BCUT2D eigenvalue weighted by atomic mass is 9.95. The Hall–Kier alpha value is -2.87. The van der Waals surface area contributed by atoms with Crippen molar-refractivity contribution in [3.05, 3.63) is 45.6 Å². The van der Waals surface area contributed by atoms with Crippen LogP contribution >= 0.6 is 11.8 Å². The van der Waals surface area contributed by atoms with Crippen molar-refractivity contribution in [1.82, 2.24) is 5.32 Å². The number of ether oxygens (including phenoxy) is 4. The van der Waals surface area contributed by atoms with Gasteiger partial charge >= 0.3 is 0 Å². The average Bonchev–Trinajstić information content (AvgIpc) is 3.16. The maximum Gasteiger partial charge on any atom is 0.229 e. The number of methoxy groups -OCH3 is 2. The summed E-state index contributed by atoms with van der Waals surface area (Å²) in [6, 6.07) is 6.34. The van der Waals surface area contributed by atoms with Gasteiger partial charge in [-0.1, -0.05) is 6.07 Å². The molecule has 1 saturated heterocycles. The lowest BCUT2D eigenvalue weighted by Crippen LogP contribution is -2.60. The Bertz CT molecular complexity index is 1290. The molecule has 0 bridgehead atoms. The first kappa shape index (κ1) is 29.1. The summed E-state index contributed by atoms with van der Waals surface area (Å²) in [5.74, 6) is 0.273. The van der Waals surface area contributed by atoms with Gasteiger partial charge in [0.05, 0.1) is 31.8 Å². The van der Waals surface area contributed by atoms with Crippen LogP contribution in [0.1, 0.15) is 30.5 Å². The molecule has 0 spiro atoms. The van der Waals surface area contributed by atoms with Gasteiger partial charge in [0.25, 0.3) is 0 Å². The molecule has 2 aliphatic rings. The molecule has 1 aliphatic heterocycles. The van der Waals surface area contributed by atoms with Crippen LogP contribution in [0.2, 0.25) is 0 Å². The van der Waals surface area contributed by atoms with Crippen molar-refractivity contribution in [2.45, 2.75) is 61.4 Å². The van der Waals surface area contributed by atoms with Crippen molar-refractivity contribution in [2.75, 3.05) is 27.1 Å². The zero-order valence-electron chi connectivity index (χ0n) is 22.0. The van der Waals surface area contributed by atoms with E-state index >= 15 is 0 Å². The third-order valence-electron chi connectivity index (χ3n) is 6.98. The van der Waals surface area contributed by atoms with Crippen LogP contribution in [0, 0.1) is 0 Å². The quantitative estimate of drug-likeness (QED) is 0.302. The fraction of sp³-hybridized carbons (Fsp3) is 0.481. The number of nitrogens with one attached hydrogen (secondary N) is 1. The SMILES string of the molecule is COc1cc2c(c(OC)c1O[C@@H]1O[C@H](CO)[C@@H](O)[C@H](O)[C@H]1O)-c1ccc(SC)c(=O)cc1[C@@H](NC(C)=O)CC2. The van der Waals surface area contributed by atoms with Gasteiger partial charge in [-0.05, 0) is 54.0 Å². The molecule has 39 heavy (non-hydrogen) atoms. The highest BCUT2D eigenvalue weighted by molar-refractivity contribution is 7.98. The number of aryl methyl sites for hydroxylation is 1. The molecular formula is C27H33NO10S. The predicted octanol–water partition coefficient (Wildman–Crippen LogP) is 0.755. The zero-order valence-corrected chi connectivity index (χ0v) is 22.9. The Morgan fingerprint density at radius 2 is 1.85 bits per heavy atom. The highest BCUT2D eigenvalue weighted by Gasteiger charge is 2.45. The van der Waals surface area contributed by atoms with Crippen molar-refractivity contribution in [3.8, 4) is 28.4 Å². The number of hydrogen-bond acceptors (Lipinski definition) is 11. The number of aliphatic hydroxyl groups excluding tert-OH is 4. The highest BCUT2D eigenvalue weighted by Crippen LogP contribution is 2.51. The van der Waals surface area contributed by atoms with Gasteiger partial charge in [-0.3, -0.25) is 9.59 Å². The Morgan fingerprint density at radius 3 is 2.46 bits per heavy atom. The van der Waals surface area contributed by atoms with Gasteiger partial charge in [0, 0.05) is 12.5 Å². The van der Waals surface area contributed by atoms with Gasteiger partial charge in [-0.25, -0.2) is 0 Å². The van der Waals surface area contributed by atoms with E-state index < -0.39 is 43.4 Å². The molecule has 12 heteroatoms. The molecule has 4 rings (SSSR count). The largest absolute Gasteiger partial charge is 0.493 e. The minimum absolute atomic E-state index is 0.0472. The number of hydrogen-bond donors (Lipinski definition) is 5. The molecule has 0 unspecified atom stereocenters. The minimum Gasteiger partial charge on any atom is -0.493 e. The van der Waals surface area contributed by atoms with Crippen molar-refractivity contribution in [2.24, 2.45) is 0 Å². The first-order valence-electron chi connectivity index (χ1n) is 12.4. The lowest BCUT2D eigenvalue weighted by Gasteiger charge is -2.39. The van der Waals surface area contributed by atoms with Crippen molar-refractivity contribution in [3.63, 3.8) is 0 Å². The zero-order chi connectivity index (χ0) is 28.4. The molecule has 1 amide bonds. The van der Waals surface area contributed by atoms with E-state index in [9.17, 15) is 30.0 Å². The highest BCUT2D eigenvalue weighted by atomic mass is 32.2. The number of amides is 1. The van der Waals surface area contributed by atoms with E-state index in [2.05, 4.69) is 5.32 Å². The summed E-state index contributed by atoms with van der Waals surface area (Å²) in [6.07, 6.45) is -4.71. The summed E-state index contributed by atoms with van der Waals surface area (Å²) in [4.78, 5) is 25.6. The Balaban J connectivity index is 1.93. The van der Waals surface area contributed by atoms with Crippen LogP contribution < -0.4 is 25.0 Å². The molecule has 11 nitrogen and oxygen atoms in total. The smallest absolute Gasteiger partial charge is 0.229 e.